The summed E-state index contributed by atoms with van der Waals surface area (Å²) < 4.78 is 11.3. The maximum absolute atomic E-state index is 12.3. The molecule has 0 N–H and O–H groups in total. The van der Waals surface area contributed by atoms with Crippen molar-refractivity contribution in [1.29, 1.82) is 0 Å². The molecule has 0 saturated carbocycles. The molecule has 0 amide bonds. The molecule has 4 heteroatoms. The zero-order chi connectivity index (χ0) is 18.9. The molecule has 0 bridgehead atoms. The van der Waals surface area contributed by atoms with Crippen LogP contribution in [0.5, 0.6) is 5.75 Å². The molecule has 1 aromatic rings. The number of benzene rings is 1. The second-order valence-corrected chi connectivity index (χ2v) is 7.33. The number of fused-ring (bicyclic) bond motifs is 3. The first kappa shape index (κ1) is 17.9. The lowest BCUT2D eigenvalue weighted by Crippen LogP contribution is -2.55. The van der Waals surface area contributed by atoms with Gasteiger partial charge in [0, 0.05) is 29.3 Å². The van der Waals surface area contributed by atoms with E-state index >= 15 is 0 Å². The van der Waals surface area contributed by atoms with Crippen molar-refractivity contribution in [3.05, 3.63) is 53.1 Å². The van der Waals surface area contributed by atoms with Gasteiger partial charge in [-0.25, -0.2) is 4.79 Å². The summed E-state index contributed by atoms with van der Waals surface area (Å²) in [6, 6.07) is 7.96. The summed E-state index contributed by atoms with van der Waals surface area (Å²) in [7, 11) is 1.65. The minimum Gasteiger partial charge on any atom is -0.497 e. The third-order valence-corrected chi connectivity index (χ3v) is 5.91. The molecule has 0 aliphatic carbocycles. The number of carbonyl (C=O) groups is 1. The van der Waals surface area contributed by atoms with E-state index in [0.717, 1.165) is 48.4 Å². The highest BCUT2D eigenvalue weighted by molar-refractivity contribution is 5.89. The Morgan fingerprint density at radius 3 is 3.04 bits per heavy atom. The number of esters is 1. The molecule has 0 aromatic heterocycles. The van der Waals surface area contributed by atoms with Crippen LogP contribution >= 0.6 is 0 Å². The summed E-state index contributed by atoms with van der Waals surface area (Å²) in [5, 5.41) is 0. The molecule has 1 saturated heterocycles. The van der Waals surface area contributed by atoms with Crippen LogP contribution in [0.1, 0.15) is 38.2 Å². The van der Waals surface area contributed by atoms with E-state index in [0.29, 0.717) is 0 Å². The van der Waals surface area contributed by atoms with E-state index in [-0.39, 0.29) is 12.0 Å². The number of carbonyl (C=O) groups excluding carboxylic acids is 1. The van der Waals surface area contributed by atoms with E-state index in [1.165, 1.54) is 12.8 Å². The lowest BCUT2D eigenvalue weighted by Gasteiger charge is -2.44. The monoisotopic (exact) mass is 363 g/mol. The predicted octanol–water partition coefficient (Wildman–Crippen LogP) is 3.47. The smallest absolute Gasteiger partial charge is 0.332 e. The third-order valence-electron chi connectivity index (χ3n) is 5.91. The Balaban J connectivity index is 1.74. The maximum Gasteiger partial charge on any atom is 0.332 e. The van der Waals surface area contributed by atoms with Crippen LogP contribution in [0.15, 0.2) is 47.6 Å². The Kier molecular flexibility index (Phi) is 4.80. The zero-order valence-corrected chi connectivity index (χ0v) is 16.0. The number of hydrogen-bond donors (Lipinski definition) is 0. The lowest BCUT2D eigenvalue weighted by molar-refractivity contribution is -0.153. The van der Waals surface area contributed by atoms with E-state index in [1.807, 2.05) is 24.3 Å². The van der Waals surface area contributed by atoms with Crippen molar-refractivity contribution in [2.75, 3.05) is 20.2 Å². The average Bonchev–Trinajstić information content (AvgIpc) is 2.99. The molecular formula is C23H25NO3. The summed E-state index contributed by atoms with van der Waals surface area (Å²) in [6.45, 7) is 4.01. The molecule has 3 aliphatic heterocycles. The van der Waals surface area contributed by atoms with Crippen molar-refractivity contribution in [2.45, 2.75) is 44.2 Å². The molecule has 27 heavy (non-hydrogen) atoms. The van der Waals surface area contributed by atoms with Crippen molar-refractivity contribution in [3.63, 3.8) is 0 Å². The van der Waals surface area contributed by atoms with Crippen LogP contribution in [0.25, 0.3) is 0 Å². The normalized spacial score (nSPS) is 27.2. The second kappa shape index (κ2) is 7.25. The molecular weight excluding hydrogens is 338 g/mol. The van der Waals surface area contributed by atoms with Gasteiger partial charge in [0.05, 0.1) is 13.2 Å². The highest BCUT2D eigenvalue weighted by Crippen LogP contribution is 2.45. The van der Waals surface area contributed by atoms with Crippen molar-refractivity contribution in [1.82, 2.24) is 4.90 Å². The molecule has 0 radical (unpaired) electrons. The summed E-state index contributed by atoms with van der Waals surface area (Å²) in [5.74, 6) is 7.11. The first-order valence-electron chi connectivity index (χ1n) is 9.72. The van der Waals surface area contributed by atoms with E-state index < -0.39 is 5.60 Å². The Morgan fingerprint density at radius 1 is 1.33 bits per heavy atom. The van der Waals surface area contributed by atoms with Gasteiger partial charge in [-0.1, -0.05) is 37.3 Å². The van der Waals surface area contributed by atoms with E-state index in [9.17, 15) is 4.79 Å². The topological polar surface area (TPSA) is 38.8 Å². The first-order chi connectivity index (χ1) is 13.2. The Morgan fingerprint density at radius 2 is 2.22 bits per heavy atom. The molecule has 0 spiro atoms. The Hall–Kier alpha value is -2.51. The Bertz CT molecular complexity index is 873. The summed E-state index contributed by atoms with van der Waals surface area (Å²) in [4.78, 5) is 14.7. The maximum atomic E-state index is 12.3. The van der Waals surface area contributed by atoms with Gasteiger partial charge in [0.1, 0.15) is 5.75 Å². The van der Waals surface area contributed by atoms with E-state index in [1.54, 1.807) is 13.2 Å². The molecule has 3 aliphatic rings. The highest BCUT2D eigenvalue weighted by Gasteiger charge is 2.52. The standard InChI is InChI=1S/C23H25NO3/c1-3-23-20(16-22(25)27-23)18(12-14-24-13-5-4-9-21(23)24)11-10-17-7-6-8-19(15-17)26-2/h6-8,12,15-16,21H,3-5,9,13-14H2,1-2H3/t21-,23+/m1/s1. The lowest BCUT2D eigenvalue weighted by atomic mass is 9.78. The second-order valence-electron chi connectivity index (χ2n) is 7.33. The quantitative estimate of drug-likeness (QED) is 0.596. The van der Waals surface area contributed by atoms with Crippen LogP contribution in [0.3, 0.4) is 0 Å². The van der Waals surface area contributed by atoms with Gasteiger partial charge in [0.25, 0.3) is 0 Å². The van der Waals surface area contributed by atoms with E-state index in [4.69, 9.17) is 9.47 Å². The van der Waals surface area contributed by atoms with Gasteiger partial charge in [-0.15, -0.1) is 0 Å². The largest absolute Gasteiger partial charge is 0.497 e. The van der Waals surface area contributed by atoms with Crippen molar-refractivity contribution in [3.8, 4) is 17.6 Å². The van der Waals surface area contributed by atoms with Crippen LogP contribution < -0.4 is 4.74 Å². The van der Waals surface area contributed by atoms with Gasteiger partial charge >= 0.3 is 5.97 Å². The summed E-state index contributed by atoms with van der Waals surface area (Å²) >= 11 is 0. The van der Waals surface area contributed by atoms with Crippen LogP contribution in [0.4, 0.5) is 0 Å². The van der Waals surface area contributed by atoms with Crippen molar-refractivity contribution in [2.24, 2.45) is 0 Å². The van der Waals surface area contributed by atoms with Gasteiger partial charge in [-0.3, -0.25) is 4.90 Å². The van der Waals surface area contributed by atoms with Crippen LogP contribution in [-0.4, -0.2) is 42.7 Å². The Labute approximate surface area is 160 Å². The highest BCUT2D eigenvalue weighted by atomic mass is 16.6. The number of methoxy groups -OCH3 is 1. The van der Waals surface area contributed by atoms with Crippen LogP contribution in [0, 0.1) is 11.8 Å². The van der Waals surface area contributed by atoms with Crippen LogP contribution in [0.2, 0.25) is 0 Å². The zero-order valence-electron chi connectivity index (χ0n) is 16.0. The predicted molar refractivity (Wildman–Crippen MR) is 104 cm³/mol. The first-order valence-corrected chi connectivity index (χ1v) is 9.72. The molecule has 3 heterocycles. The average molecular weight is 363 g/mol. The van der Waals surface area contributed by atoms with Gasteiger partial charge in [0.15, 0.2) is 5.60 Å². The minimum atomic E-state index is -0.567. The van der Waals surface area contributed by atoms with Gasteiger partial charge in [-0.2, -0.15) is 0 Å². The summed E-state index contributed by atoms with van der Waals surface area (Å²) in [5.41, 5.74) is 2.20. The fourth-order valence-electron chi connectivity index (χ4n) is 4.57. The van der Waals surface area contributed by atoms with Crippen molar-refractivity contribution >= 4 is 5.97 Å². The fraction of sp³-hybridized carbons (Fsp3) is 0.435. The summed E-state index contributed by atoms with van der Waals surface area (Å²) in [6.07, 6.45) is 8.03. The number of piperidine rings is 1. The third kappa shape index (κ3) is 3.17. The minimum absolute atomic E-state index is 0.237. The molecule has 4 nitrogen and oxygen atoms in total. The van der Waals surface area contributed by atoms with Gasteiger partial charge in [-0.05, 0) is 44.0 Å². The molecule has 4 rings (SSSR count). The number of rotatable bonds is 2. The molecule has 140 valence electrons. The number of hydrogen-bond acceptors (Lipinski definition) is 4. The van der Waals surface area contributed by atoms with E-state index in [2.05, 4.69) is 29.7 Å². The molecule has 2 atom stereocenters. The number of nitrogens with zero attached hydrogens (tertiary/aromatic N) is 1. The van der Waals surface area contributed by atoms with Gasteiger partial charge < -0.3 is 9.47 Å². The van der Waals surface area contributed by atoms with Gasteiger partial charge in [0.2, 0.25) is 0 Å². The molecule has 1 fully saturated rings. The molecule has 0 unspecified atom stereocenters. The fourth-order valence-corrected chi connectivity index (χ4v) is 4.57. The van der Waals surface area contributed by atoms with Crippen molar-refractivity contribution < 1.29 is 14.3 Å². The van der Waals surface area contributed by atoms with Crippen LogP contribution in [-0.2, 0) is 9.53 Å². The number of ether oxygens (including phenoxy) is 2. The molecule has 1 aromatic carbocycles. The SMILES string of the molecule is CC[C@]12OC(=O)C=C1C(C#Cc1cccc(OC)c1)=CCN1CCCC[C@@H]12.